The van der Waals surface area contributed by atoms with Crippen LogP contribution in [-0.2, 0) is 19.0 Å². The fourth-order valence-electron chi connectivity index (χ4n) is 3.20. The molecule has 1 aliphatic heterocycles. The number of methoxy groups -OCH3 is 1. The highest BCUT2D eigenvalue weighted by Gasteiger charge is 2.45. The molecule has 2 atom stereocenters. The van der Waals surface area contributed by atoms with Gasteiger partial charge in [-0.05, 0) is 52.5 Å². The van der Waals surface area contributed by atoms with Gasteiger partial charge in [-0.1, -0.05) is 36.9 Å². The molecule has 4 nitrogen and oxygen atoms in total. The van der Waals surface area contributed by atoms with Crippen molar-refractivity contribution in [2.24, 2.45) is 0 Å². The molecular formula is C20H36O4Si. The lowest BCUT2D eigenvalue weighted by Gasteiger charge is -2.17. The average molecular weight is 369 g/mol. The summed E-state index contributed by atoms with van der Waals surface area (Å²) in [7, 11) is 0.321. The molecule has 0 N–H and O–H groups in total. The smallest absolute Gasteiger partial charge is 0.337 e. The van der Waals surface area contributed by atoms with E-state index in [9.17, 15) is 4.79 Å². The van der Waals surface area contributed by atoms with Crippen molar-refractivity contribution in [3.8, 4) is 0 Å². The Morgan fingerprint density at radius 3 is 2.44 bits per heavy atom. The molecule has 5 heteroatoms. The van der Waals surface area contributed by atoms with E-state index in [1.165, 1.54) is 24.3 Å². The minimum atomic E-state index is -1.06. The second kappa shape index (κ2) is 9.15. The third-order valence-electron chi connectivity index (χ3n) is 4.21. The summed E-state index contributed by atoms with van der Waals surface area (Å²) in [6.45, 7) is 17.1. The number of carbonyl (C=O) groups excluding carboxylic acids is 1. The van der Waals surface area contributed by atoms with E-state index in [4.69, 9.17) is 14.2 Å². The standard InChI is InChI=1S/C20H36O4Si/c1-15(10-9-11-16(2)14-25(6,7)8)12-13-17-18(19(21)22-5)24-20(3,4)23-17/h10,17-18H,2,9,11-14H2,1,3-8H3/b15-10+. The first-order valence-electron chi connectivity index (χ1n) is 9.19. The first-order valence-corrected chi connectivity index (χ1v) is 12.9. The summed E-state index contributed by atoms with van der Waals surface area (Å²) in [5.74, 6) is -1.10. The second-order valence-electron chi connectivity index (χ2n) is 8.73. The molecule has 0 saturated carbocycles. The van der Waals surface area contributed by atoms with Crippen molar-refractivity contribution in [1.29, 1.82) is 0 Å². The monoisotopic (exact) mass is 368 g/mol. The van der Waals surface area contributed by atoms with Crippen LogP contribution in [0.2, 0.25) is 25.7 Å². The highest BCUT2D eigenvalue weighted by molar-refractivity contribution is 6.76. The van der Waals surface area contributed by atoms with Gasteiger partial charge < -0.3 is 14.2 Å². The van der Waals surface area contributed by atoms with Gasteiger partial charge in [0.05, 0.1) is 13.2 Å². The van der Waals surface area contributed by atoms with Gasteiger partial charge in [0.25, 0.3) is 0 Å². The minimum Gasteiger partial charge on any atom is -0.467 e. The van der Waals surface area contributed by atoms with Gasteiger partial charge in [-0.15, -0.1) is 6.58 Å². The quantitative estimate of drug-likeness (QED) is 0.323. The molecule has 0 aromatic heterocycles. The van der Waals surface area contributed by atoms with E-state index in [-0.39, 0.29) is 12.1 Å². The fraction of sp³-hybridized carbons (Fsp3) is 0.750. The van der Waals surface area contributed by atoms with Crippen LogP contribution in [0.4, 0.5) is 0 Å². The van der Waals surface area contributed by atoms with Crippen LogP contribution >= 0.6 is 0 Å². The Hall–Kier alpha value is -0.913. The van der Waals surface area contributed by atoms with Gasteiger partial charge >= 0.3 is 5.97 Å². The third-order valence-corrected chi connectivity index (χ3v) is 5.77. The molecule has 1 aliphatic rings. The molecule has 0 bridgehead atoms. The highest BCUT2D eigenvalue weighted by Crippen LogP contribution is 2.32. The van der Waals surface area contributed by atoms with Crippen molar-refractivity contribution in [1.82, 2.24) is 0 Å². The van der Waals surface area contributed by atoms with E-state index >= 15 is 0 Å². The van der Waals surface area contributed by atoms with E-state index in [0.29, 0.717) is 0 Å². The summed E-state index contributed by atoms with van der Waals surface area (Å²) >= 11 is 0. The van der Waals surface area contributed by atoms with Crippen LogP contribution in [0.25, 0.3) is 0 Å². The van der Waals surface area contributed by atoms with Crippen LogP contribution in [-0.4, -0.2) is 39.1 Å². The number of carbonyl (C=O) groups is 1. The van der Waals surface area contributed by atoms with Gasteiger partial charge in [0.15, 0.2) is 11.9 Å². The van der Waals surface area contributed by atoms with Crippen LogP contribution in [0.1, 0.15) is 46.5 Å². The lowest BCUT2D eigenvalue weighted by atomic mass is 10.0. The summed E-state index contributed by atoms with van der Waals surface area (Å²) in [6, 6.07) is 1.20. The maximum absolute atomic E-state index is 11.9. The zero-order valence-electron chi connectivity index (χ0n) is 17.1. The Labute approximate surface area is 154 Å². The fourth-order valence-corrected chi connectivity index (χ4v) is 4.87. The number of ether oxygens (including phenoxy) is 3. The molecular weight excluding hydrogens is 332 g/mol. The molecule has 2 unspecified atom stereocenters. The van der Waals surface area contributed by atoms with Crippen LogP contribution in [0.3, 0.4) is 0 Å². The Morgan fingerprint density at radius 2 is 1.88 bits per heavy atom. The normalized spacial score (nSPS) is 23.6. The van der Waals surface area contributed by atoms with Crippen molar-refractivity contribution in [3.63, 3.8) is 0 Å². The minimum absolute atomic E-state index is 0.257. The van der Waals surface area contributed by atoms with Crippen molar-refractivity contribution in [3.05, 3.63) is 23.8 Å². The zero-order valence-corrected chi connectivity index (χ0v) is 18.1. The molecule has 144 valence electrons. The topological polar surface area (TPSA) is 44.8 Å². The maximum Gasteiger partial charge on any atom is 0.337 e. The number of allylic oxidation sites excluding steroid dienone is 3. The van der Waals surface area contributed by atoms with Crippen LogP contribution < -0.4 is 0 Å². The van der Waals surface area contributed by atoms with Crippen molar-refractivity contribution < 1.29 is 19.0 Å². The molecule has 0 amide bonds. The Morgan fingerprint density at radius 1 is 1.24 bits per heavy atom. The lowest BCUT2D eigenvalue weighted by molar-refractivity contribution is -0.168. The number of esters is 1. The number of rotatable bonds is 9. The van der Waals surface area contributed by atoms with Crippen LogP contribution in [0.5, 0.6) is 0 Å². The van der Waals surface area contributed by atoms with E-state index in [0.717, 1.165) is 25.7 Å². The highest BCUT2D eigenvalue weighted by atomic mass is 28.3. The average Bonchev–Trinajstić information content (AvgIpc) is 2.77. The SMILES string of the molecule is C=C(CC/C=C(\C)CCC1OC(C)(C)OC1C(=O)OC)C[Si](C)(C)C. The van der Waals surface area contributed by atoms with E-state index < -0.39 is 20.0 Å². The summed E-state index contributed by atoms with van der Waals surface area (Å²) in [5, 5.41) is 0. The predicted molar refractivity (Wildman–Crippen MR) is 105 cm³/mol. The van der Waals surface area contributed by atoms with Gasteiger partial charge in [0.1, 0.15) is 0 Å². The molecule has 1 fully saturated rings. The molecule has 0 radical (unpaired) electrons. The van der Waals surface area contributed by atoms with E-state index in [1.807, 2.05) is 13.8 Å². The summed E-state index contributed by atoms with van der Waals surface area (Å²) in [4.78, 5) is 11.9. The first-order chi connectivity index (χ1) is 11.4. The van der Waals surface area contributed by atoms with Gasteiger partial charge in [0.2, 0.25) is 0 Å². The third kappa shape index (κ3) is 8.34. The Balaban J connectivity index is 2.45. The molecule has 1 saturated heterocycles. The molecule has 0 spiro atoms. The molecule has 25 heavy (non-hydrogen) atoms. The molecule has 1 heterocycles. The summed E-state index contributed by atoms with van der Waals surface area (Å²) in [5.41, 5.74) is 2.68. The zero-order chi connectivity index (χ0) is 19.3. The van der Waals surface area contributed by atoms with Gasteiger partial charge in [-0.25, -0.2) is 4.79 Å². The lowest BCUT2D eigenvalue weighted by Crippen LogP contribution is -2.32. The largest absolute Gasteiger partial charge is 0.467 e. The first kappa shape index (κ1) is 22.1. The maximum atomic E-state index is 11.9. The van der Waals surface area contributed by atoms with Crippen LogP contribution in [0.15, 0.2) is 23.8 Å². The molecule has 0 aromatic rings. The Kier molecular flexibility index (Phi) is 8.10. The number of hydrogen-bond acceptors (Lipinski definition) is 4. The van der Waals surface area contributed by atoms with Gasteiger partial charge in [-0.3, -0.25) is 0 Å². The van der Waals surface area contributed by atoms with Crippen molar-refractivity contribution in [2.75, 3.05) is 7.11 Å². The van der Waals surface area contributed by atoms with E-state index in [2.05, 4.69) is 39.2 Å². The number of hydrogen-bond donors (Lipinski definition) is 0. The van der Waals surface area contributed by atoms with Gasteiger partial charge in [-0.2, -0.15) is 0 Å². The van der Waals surface area contributed by atoms with Crippen molar-refractivity contribution >= 4 is 14.0 Å². The summed E-state index contributed by atoms with van der Waals surface area (Å²) < 4.78 is 16.4. The summed E-state index contributed by atoms with van der Waals surface area (Å²) in [6.07, 6.45) is 5.12. The van der Waals surface area contributed by atoms with Crippen LogP contribution in [0, 0.1) is 0 Å². The van der Waals surface area contributed by atoms with Gasteiger partial charge in [0, 0.05) is 8.07 Å². The molecule has 0 aromatic carbocycles. The van der Waals surface area contributed by atoms with Crippen molar-refractivity contribution in [2.45, 2.75) is 90.1 Å². The predicted octanol–water partition coefficient (Wildman–Crippen LogP) is 5.08. The Bertz CT molecular complexity index is 502. The molecule has 0 aliphatic carbocycles. The van der Waals surface area contributed by atoms with E-state index in [1.54, 1.807) is 0 Å². The molecule has 1 rings (SSSR count). The second-order valence-corrected chi connectivity index (χ2v) is 14.2.